The number of methoxy groups -OCH3 is 1. The summed E-state index contributed by atoms with van der Waals surface area (Å²) in [5, 5.41) is 10.8. The highest BCUT2D eigenvalue weighted by Gasteiger charge is 2.24. The molecule has 136 valence electrons. The topological polar surface area (TPSA) is 66.8 Å². The van der Waals surface area contributed by atoms with Gasteiger partial charge in [-0.2, -0.15) is 0 Å². The Labute approximate surface area is 161 Å². The molecule has 0 atom stereocenters. The molecule has 0 radical (unpaired) electrons. The number of benzene rings is 2. The van der Waals surface area contributed by atoms with Crippen LogP contribution in [-0.4, -0.2) is 36.0 Å². The average molecular weight is 394 g/mol. The zero-order valence-electron chi connectivity index (χ0n) is 14.1. The monoisotopic (exact) mass is 393 g/mol. The smallest absolute Gasteiger partial charge is 0.373 e. The maximum atomic E-state index is 12.5. The Morgan fingerprint density at radius 3 is 1.81 bits per heavy atom. The minimum atomic E-state index is -0.985. The highest BCUT2D eigenvalue weighted by atomic mass is 35.5. The first-order valence-electron chi connectivity index (χ1n) is 7.60. The molecule has 0 aliphatic heterocycles. The third-order valence-corrected chi connectivity index (χ3v) is 4.27. The summed E-state index contributed by atoms with van der Waals surface area (Å²) in [7, 11) is 2.68. The van der Waals surface area contributed by atoms with Gasteiger partial charge in [-0.25, -0.2) is 4.79 Å². The number of carbonyl (C=O) groups excluding carboxylic acids is 2. The molecule has 0 aliphatic rings. The standard InChI is InChI=1S/C19H17Cl2NO4/c1-22(17(24)11-16(23)19(25)26-2)18(12-3-7-14(20)8-4-12)13-5-9-15(21)10-6-13/h3-11,18,23H,1-2H3/b16-11-. The normalized spacial score (nSPS) is 11.3. The molecule has 1 amide bonds. The van der Waals surface area contributed by atoms with Crippen LogP contribution in [0.4, 0.5) is 0 Å². The second kappa shape index (κ2) is 8.74. The molecule has 5 nitrogen and oxygen atoms in total. The van der Waals surface area contributed by atoms with Crippen molar-refractivity contribution in [3.05, 3.63) is 81.5 Å². The van der Waals surface area contributed by atoms with Gasteiger partial charge in [0.1, 0.15) is 0 Å². The van der Waals surface area contributed by atoms with Crippen LogP contribution >= 0.6 is 23.2 Å². The summed E-state index contributed by atoms with van der Waals surface area (Å²) in [5.74, 6) is -2.32. The summed E-state index contributed by atoms with van der Waals surface area (Å²) >= 11 is 11.9. The van der Waals surface area contributed by atoms with Gasteiger partial charge in [0.2, 0.25) is 5.76 Å². The SMILES string of the molecule is COC(=O)/C(O)=C/C(=O)N(C)C(c1ccc(Cl)cc1)c1ccc(Cl)cc1. The summed E-state index contributed by atoms with van der Waals surface area (Å²) in [6.07, 6.45) is 0.824. The van der Waals surface area contributed by atoms with Crippen LogP contribution in [0.3, 0.4) is 0 Å². The lowest BCUT2D eigenvalue weighted by Crippen LogP contribution is -2.31. The van der Waals surface area contributed by atoms with Gasteiger partial charge in [-0.05, 0) is 35.4 Å². The highest BCUT2D eigenvalue weighted by molar-refractivity contribution is 6.30. The van der Waals surface area contributed by atoms with Crippen LogP contribution in [0.25, 0.3) is 0 Å². The molecular formula is C19H17Cl2NO4. The van der Waals surface area contributed by atoms with Crippen LogP contribution in [0.1, 0.15) is 17.2 Å². The van der Waals surface area contributed by atoms with Gasteiger partial charge in [-0.3, -0.25) is 4.79 Å². The lowest BCUT2D eigenvalue weighted by atomic mass is 9.97. The van der Waals surface area contributed by atoms with E-state index in [0.717, 1.165) is 24.3 Å². The molecule has 0 spiro atoms. The van der Waals surface area contributed by atoms with Crippen molar-refractivity contribution in [1.29, 1.82) is 0 Å². The van der Waals surface area contributed by atoms with E-state index in [-0.39, 0.29) is 0 Å². The van der Waals surface area contributed by atoms with E-state index in [4.69, 9.17) is 23.2 Å². The van der Waals surface area contributed by atoms with Crippen molar-refractivity contribution in [3.63, 3.8) is 0 Å². The molecule has 26 heavy (non-hydrogen) atoms. The number of halogens is 2. The quantitative estimate of drug-likeness (QED) is 0.470. The molecule has 7 heteroatoms. The van der Waals surface area contributed by atoms with Crippen molar-refractivity contribution in [1.82, 2.24) is 4.90 Å². The molecule has 2 aromatic rings. The third kappa shape index (κ3) is 4.77. The number of carbonyl (C=O) groups is 2. The number of likely N-dealkylation sites (N-methyl/N-ethyl adjacent to an activating group) is 1. The number of nitrogens with zero attached hydrogens (tertiary/aromatic N) is 1. The van der Waals surface area contributed by atoms with Gasteiger partial charge < -0.3 is 14.7 Å². The summed E-state index contributed by atoms with van der Waals surface area (Å²) in [6, 6.07) is 13.6. The van der Waals surface area contributed by atoms with E-state index < -0.39 is 23.7 Å². The van der Waals surface area contributed by atoms with Gasteiger partial charge in [0.25, 0.3) is 5.91 Å². The van der Waals surface area contributed by atoms with E-state index in [0.29, 0.717) is 10.0 Å². The number of amides is 1. The first-order valence-corrected chi connectivity index (χ1v) is 8.35. The van der Waals surface area contributed by atoms with Crippen LogP contribution in [0.15, 0.2) is 60.4 Å². The molecule has 0 saturated carbocycles. The van der Waals surface area contributed by atoms with Crippen LogP contribution < -0.4 is 0 Å². The van der Waals surface area contributed by atoms with Crippen molar-refractivity contribution in [2.45, 2.75) is 6.04 Å². The maximum Gasteiger partial charge on any atom is 0.373 e. The highest BCUT2D eigenvalue weighted by Crippen LogP contribution is 2.30. The van der Waals surface area contributed by atoms with Gasteiger partial charge in [-0.1, -0.05) is 47.5 Å². The summed E-state index contributed by atoms with van der Waals surface area (Å²) in [5.41, 5.74) is 1.61. The number of aliphatic hydroxyl groups excluding tert-OH is 1. The lowest BCUT2D eigenvalue weighted by Gasteiger charge is -2.28. The Morgan fingerprint density at radius 2 is 1.42 bits per heavy atom. The fraction of sp³-hybridized carbons (Fsp3) is 0.158. The molecule has 0 unspecified atom stereocenters. The minimum absolute atomic E-state index is 0.473. The molecule has 1 N–H and O–H groups in total. The number of rotatable bonds is 5. The fourth-order valence-corrected chi connectivity index (χ4v) is 2.69. The van der Waals surface area contributed by atoms with E-state index in [1.54, 1.807) is 55.6 Å². The van der Waals surface area contributed by atoms with E-state index >= 15 is 0 Å². The Balaban J connectivity index is 2.42. The second-order valence-electron chi connectivity index (χ2n) is 5.48. The van der Waals surface area contributed by atoms with Gasteiger partial charge in [0.05, 0.1) is 19.2 Å². The van der Waals surface area contributed by atoms with Gasteiger partial charge in [-0.15, -0.1) is 0 Å². The van der Waals surface area contributed by atoms with E-state index in [2.05, 4.69) is 4.74 Å². The van der Waals surface area contributed by atoms with E-state index in [1.807, 2.05) is 0 Å². The fourth-order valence-electron chi connectivity index (χ4n) is 2.44. The summed E-state index contributed by atoms with van der Waals surface area (Å²) in [6.45, 7) is 0. The average Bonchev–Trinajstić information content (AvgIpc) is 2.64. The zero-order chi connectivity index (χ0) is 19.3. The molecule has 0 aliphatic carbocycles. The predicted octanol–water partition coefficient (Wildman–Crippen LogP) is 4.16. The molecule has 0 bridgehead atoms. The molecule has 2 aromatic carbocycles. The third-order valence-electron chi connectivity index (χ3n) is 3.76. The number of aliphatic hydroxyl groups is 1. The Morgan fingerprint density at radius 1 is 1.00 bits per heavy atom. The second-order valence-corrected chi connectivity index (χ2v) is 6.35. The molecule has 0 aromatic heterocycles. The number of ether oxygens (including phenoxy) is 1. The van der Waals surface area contributed by atoms with Crippen molar-refractivity contribution < 1.29 is 19.4 Å². The number of hydrogen-bond donors (Lipinski definition) is 1. The zero-order valence-corrected chi connectivity index (χ0v) is 15.7. The maximum absolute atomic E-state index is 12.5. The minimum Gasteiger partial charge on any atom is -0.502 e. The van der Waals surface area contributed by atoms with Crippen LogP contribution in [0, 0.1) is 0 Å². The molecule has 0 saturated heterocycles. The number of hydrogen-bond acceptors (Lipinski definition) is 4. The van der Waals surface area contributed by atoms with Crippen LogP contribution in [0.5, 0.6) is 0 Å². The molecule has 0 heterocycles. The van der Waals surface area contributed by atoms with Crippen molar-refractivity contribution in [3.8, 4) is 0 Å². The Hall–Kier alpha value is -2.50. The molecular weight excluding hydrogens is 377 g/mol. The van der Waals surface area contributed by atoms with Gasteiger partial charge in [0.15, 0.2) is 0 Å². The largest absolute Gasteiger partial charge is 0.502 e. The van der Waals surface area contributed by atoms with Crippen molar-refractivity contribution in [2.75, 3.05) is 14.2 Å². The van der Waals surface area contributed by atoms with Crippen LogP contribution in [0.2, 0.25) is 10.0 Å². The predicted molar refractivity (Wildman–Crippen MR) is 100 cm³/mol. The lowest BCUT2D eigenvalue weighted by molar-refractivity contribution is -0.139. The summed E-state index contributed by atoms with van der Waals surface area (Å²) < 4.78 is 4.39. The number of esters is 1. The van der Waals surface area contributed by atoms with Crippen LogP contribution in [-0.2, 0) is 14.3 Å². The Bertz CT molecular complexity index is 771. The Kier molecular flexibility index (Phi) is 6.66. The molecule has 0 fully saturated rings. The first kappa shape index (κ1) is 19.8. The van der Waals surface area contributed by atoms with Gasteiger partial charge >= 0.3 is 5.97 Å². The van der Waals surface area contributed by atoms with Gasteiger partial charge in [0, 0.05) is 17.1 Å². The van der Waals surface area contributed by atoms with Crippen molar-refractivity contribution >= 4 is 35.1 Å². The van der Waals surface area contributed by atoms with E-state index in [9.17, 15) is 14.7 Å². The van der Waals surface area contributed by atoms with E-state index in [1.165, 1.54) is 4.90 Å². The summed E-state index contributed by atoms with van der Waals surface area (Å²) in [4.78, 5) is 25.2. The first-order chi connectivity index (χ1) is 12.3. The van der Waals surface area contributed by atoms with Crippen molar-refractivity contribution in [2.24, 2.45) is 0 Å². The molecule has 2 rings (SSSR count).